The molecular formula is C12H23N3O2. The van der Waals surface area contributed by atoms with Gasteiger partial charge in [0.25, 0.3) is 0 Å². The van der Waals surface area contributed by atoms with Crippen molar-refractivity contribution in [3.8, 4) is 5.75 Å². The maximum Gasteiger partial charge on any atom is 0.163 e. The number of hydrogen-bond acceptors (Lipinski definition) is 4. The summed E-state index contributed by atoms with van der Waals surface area (Å²) in [5.41, 5.74) is 2.02. The fourth-order valence-corrected chi connectivity index (χ4v) is 1.65. The van der Waals surface area contributed by atoms with Gasteiger partial charge in [-0.1, -0.05) is 0 Å². The van der Waals surface area contributed by atoms with Gasteiger partial charge in [0, 0.05) is 27.3 Å². The molecule has 0 aliphatic rings. The van der Waals surface area contributed by atoms with E-state index in [4.69, 9.17) is 9.47 Å². The van der Waals surface area contributed by atoms with Gasteiger partial charge in [0.2, 0.25) is 0 Å². The number of nitrogens with one attached hydrogen (secondary N) is 1. The second-order valence-electron chi connectivity index (χ2n) is 4.07. The van der Waals surface area contributed by atoms with Crippen LogP contribution in [0.2, 0.25) is 0 Å². The zero-order chi connectivity index (χ0) is 12.7. The van der Waals surface area contributed by atoms with Crippen molar-refractivity contribution in [2.75, 3.05) is 33.4 Å². The van der Waals surface area contributed by atoms with Crippen LogP contribution < -0.4 is 10.1 Å². The van der Waals surface area contributed by atoms with E-state index in [0.717, 1.165) is 43.3 Å². The molecule has 0 saturated carbocycles. The van der Waals surface area contributed by atoms with Gasteiger partial charge < -0.3 is 14.8 Å². The molecule has 1 aromatic heterocycles. The first-order valence-electron chi connectivity index (χ1n) is 5.99. The molecule has 5 nitrogen and oxygen atoms in total. The Morgan fingerprint density at radius 3 is 2.59 bits per heavy atom. The Labute approximate surface area is 103 Å². The van der Waals surface area contributed by atoms with Gasteiger partial charge in [-0.05, 0) is 26.8 Å². The summed E-state index contributed by atoms with van der Waals surface area (Å²) in [6.07, 6.45) is 1.03. The van der Waals surface area contributed by atoms with E-state index in [1.807, 2.05) is 25.6 Å². The maximum absolute atomic E-state index is 5.72. The number of aryl methyl sites for hydroxylation is 2. The van der Waals surface area contributed by atoms with E-state index in [-0.39, 0.29) is 0 Å². The third-order valence-electron chi connectivity index (χ3n) is 2.67. The van der Waals surface area contributed by atoms with Crippen LogP contribution in [0.25, 0.3) is 0 Å². The quantitative estimate of drug-likeness (QED) is 0.691. The Morgan fingerprint density at radius 1 is 1.24 bits per heavy atom. The highest BCUT2D eigenvalue weighted by Gasteiger charge is 2.09. The van der Waals surface area contributed by atoms with E-state index in [2.05, 4.69) is 10.4 Å². The van der Waals surface area contributed by atoms with Crippen molar-refractivity contribution in [2.24, 2.45) is 7.05 Å². The molecule has 0 spiro atoms. The number of methoxy groups -OCH3 is 1. The summed E-state index contributed by atoms with van der Waals surface area (Å²) in [7, 11) is 3.65. The molecule has 0 aliphatic heterocycles. The van der Waals surface area contributed by atoms with Crippen LogP contribution in [-0.4, -0.2) is 43.2 Å². The van der Waals surface area contributed by atoms with Gasteiger partial charge in [0.1, 0.15) is 12.3 Å². The van der Waals surface area contributed by atoms with Crippen molar-refractivity contribution in [1.82, 2.24) is 15.1 Å². The SMILES string of the molecule is COCCCNCCOc1c(C)nn(C)c1C. The van der Waals surface area contributed by atoms with Crippen LogP contribution >= 0.6 is 0 Å². The van der Waals surface area contributed by atoms with E-state index in [9.17, 15) is 0 Å². The third kappa shape index (κ3) is 4.36. The molecule has 0 radical (unpaired) electrons. The summed E-state index contributed by atoms with van der Waals surface area (Å²) < 4.78 is 12.5. The second kappa shape index (κ2) is 7.29. The summed E-state index contributed by atoms with van der Waals surface area (Å²) in [6.45, 7) is 7.25. The van der Waals surface area contributed by atoms with Gasteiger partial charge in [-0.25, -0.2) is 0 Å². The summed E-state index contributed by atoms with van der Waals surface area (Å²) in [5, 5.41) is 7.61. The number of hydrogen-bond donors (Lipinski definition) is 1. The molecule has 98 valence electrons. The predicted octanol–water partition coefficient (Wildman–Crippen LogP) is 1.04. The maximum atomic E-state index is 5.72. The molecular weight excluding hydrogens is 218 g/mol. The minimum Gasteiger partial charge on any atom is -0.488 e. The van der Waals surface area contributed by atoms with E-state index in [1.165, 1.54) is 0 Å². The molecule has 0 aliphatic carbocycles. The molecule has 1 N–H and O–H groups in total. The molecule has 17 heavy (non-hydrogen) atoms. The Hall–Kier alpha value is -1.07. The van der Waals surface area contributed by atoms with Crippen LogP contribution in [0.4, 0.5) is 0 Å². The molecule has 1 rings (SSSR count). The lowest BCUT2D eigenvalue weighted by Gasteiger charge is -2.07. The fraction of sp³-hybridized carbons (Fsp3) is 0.750. The Balaban J connectivity index is 2.18. The molecule has 1 heterocycles. The summed E-state index contributed by atoms with van der Waals surface area (Å²) >= 11 is 0. The topological polar surface area (TPSA) is 48.3 Å². The lowest BCUT2D eigenvalue weighted by molar-refractivity contribution is 0.193. The van der Waals surface area contributed by atoms with Crippen molar-refractivity contribution in [1.29, 1.82) is 0 Å². The second-order valence-corrected chi connectivity index (χ2v) is 4.07. The Morgan fingerprint density at radius 2 is 2.00 bits per heavy atom. The minimum atomic E-state index is 0.667. The molecule has 0 amide bonds. The van der Waals surface area contributed by atoms with Crippen LogP contribution in [0.3, 0.4) is 0 Å². The predicted molar refractivity (Wildman–Crippen MR) is 67.5 cm³/mol. The van der Waals surface area contributed by atoms with Gasteiger partial charge in [-0.3, -0.25) is 4.68 Å². The van der Waals surface area contributed by atoms with Gasteiger partial charge >= 0.3 is 0 Å². The normalized spacial score (nSPS) is 10.8. The first kappa shape index (κ1) is 14.0. The number of rotatable bonds is 8. The van der Waals surface area contributed by atoms with Gasteiger partial charge in [-0.15, -0.1) is 0 Å². The van der Waals surface area contributed by atoms with Gasteiger partial charge in [-0.2, -0.15) is 5.10 Å². The Bertz CT molecular complexity index is 337. The van der Waals surface area contributed by atoms with Crippen molar-refractivity contribution in [3.05, 3.63) is 11.4 Å². The van der Waals surface area contributed by atoms with Crippen LogP contribution in [0.15, 0.2) is 0 Å². The van der Waals surface area contributed by atoms with Crippen LogP contribution in [0.5, 0.6) is 5.75 Å². The van der Waals surface area contributed by atoms with Crippen LogP contribution in [0.1, 0.15) is 17.8 Å². The van der Waals surface area contributed by atoms with Crippen molar-refractivity contribution >= 4 is 0 Å². The first-order valence-corrected chi connectivity index (χ1v) is 5.99. The van der Waals surface area contributed by atoms with Gasteiger partial charge in [0.05, 0.1) is 5.69 Å². The van der Waals surface area contributed by atoms with E-state index in [0.29, 0.717) is 6.61 Å². The summed E-state index contributed by atoms with van der Waals surface area (Å²) in [4.78, 5) is 0. The number of aromatic nitrogens is 2. The third-order valence-corrected chi connectivity index (χ3v) is 2.67. The molecule has 1 aromatic rings. The Kier molecular flexibility index (Phi) is 6.00. The molecule has 5 heteroatoms. The lowest BCUT2D eigenvalue weighted by atomic mass is 10.3. The zero-order valence-corrected chi connectivity index (χ0v) is 11.2. The molecule has 0 saturated heterocycles. The molecule has 0 atom stereocenters. The summed E-state index contributed by atoms with van der Waals surface area (Å²) in [6, 6.07) is 0. The molecule has 0 aromatic carbocycles. The standard InChI is InChI=1S/C12H23N3O2/c1-10-12(11(2)15(3)14-10)17-9-7-13-6-5-8-16-4/h13H,5-9H2,1-4H3. The number of nitrogens with zero attached hydrogens (tertiary/aromatic N) is 2. The average Bonchev–Trinajstić information content (AvgIpc) is 2.54. The lowest BCUT2D eigenvalue weighted by Crippen LogP contribution is -2.23. The van der Waals surface area contributed by atoms with Crippen LogP contribution in [0, 0.1) is 13.8 Å². The molecule has 0 unspecified atom stereocenters. The highest BCUT2D eigenvalue weighted by Crippen LogP contribution is 2.20. The summed E-state index contributed by atoms with van der Waals surface area (Å²) in [5.74, 6) is 0.909. The highest BCUT2D eigenvalue weighted by atomic mass is 16.5. The van der Waals surface area contributed by atoms with Crippen molar-refractivity contribution in [2.45, 2.75) is 20.3 Å². The largest absolute Gasteiger partial charge is 0.488 e. The van der Waals surface area contributed by atoms with E-state index >= 15 is 0 Å². The van der Waals surface area contributed by atoms with Crippen molar-refractivity contribution < 1.29 is 9.47 Å². The molecule has 0 bridgehead atoms. The zero-order valence-electron chi connectivity index (χ0n) is 11.2. The smallest absolute Gasteiger partial charge is 0.163 e. The van der Waals surface area contributed by atoms with Crippen molar-refractivity contribution in [3.63, 3.8) is 0 Å². The number of ether oxygens (including phenoxy) is 2. The molecule has 0 fully saturated rings. The highest BCUT2D eigenvalue weighted by molar-refractivity contribution is 5.31. The van der Waals surface area contributed by atoms with Crippen LogP contribution in [-0.2, 0) is 11.8 Å². The monoisotopic (exact) mass is 241 g/mol. The average molecular weight is 241 g/mol. The van der Waals surface area contributed by atoms with E-state index in [1.54, 1.807) is 7.11 Å². The van der Waals surface area contributed by atoms with Gasteiger partial charge in [0.15, 0.2) is 5.75 Å². The first-order chi connectivity index (χ1) is 8.16. The fourth-order valence-electron chi connectivity index (χ4n) is 1.65. The minimum absolute atomic E-state index is 0.667. The van der Waals surface area contributed by atoms with E-state index < -0.39 is 0 Å².